The summed E-state index contributed by atoms with van der Waals surface area (Å²) >= 11 is 0. The lowest BCUT2D eigenvalue weighted by molar-refractivity contribution is -0.118. The molecular weight excluding hydrogens is 140 g/mol. The first-order valence-electron chi connectivity index (χ1n) is 3.91. The molecule has 2 N–H and O–H groups in total. The second-order valence-electron chi connectivity index (χ2n) is 3.66. The molecule has 0 radical (unpaired) electrons. The van der Waals surface area contributed by atoms with Crippen LogP contribution in [0.15, 0.2) is 0 Å². The van der Waals surface area contributed by atoms with E-state index >= 15 is 0 Å². The van der Waals surface area contributed by atoms with Gasteiger partial charge in [0.05, 0.1) is 0 Å². The number of hydrogen-bond donors (Lipinski definition) is 2. The number of amides is 1. The summed E-state index contributed by atoms with van der Waals surface area (Å²) in [5.41, 5.74) is 0.137. The second-order valence-corrected chi connectivity index (χ2v) is 3.66. The quantitative estimate of drug-likeness (QED) is 0.588. The van der Waals surface area contributed by atoms with Crippen LogP contribution in [0.3, 0.4) is 0 Å². The molecule has 0 saturated heterocycles. The summed E-state index contributed by atoms with van der Waals surface area (Å²) in [6.45, 7) is 9.34. The smallest absolute Gasteiger partial charge is 0.216 e. The largest absolute Gasteiger partial charge is 0.355 e. The molecule has 0 heterocycles. The van der Waals surface area contributed by atoms with E-state index in [1.54, 1.807) is 0 Å². The lowest BCUT2D eigenvalue weighted by atomic mass is 10.1. The van der Waals surface area contributed by atoms with E-state index in [-0.39, 0.29) is 11.4 Å². The fourth-order valence-electron chi connectivity index (χ4n) is 0.676. The summed E-state index contributed by atoms with van der Waals surface area (Å²) in [7, 11) is 0. The van der Waals surface area contributed by atoms with Crippen molar-refractivity contribution in [1.29, 1.82) is 0 Å². The van der Waals surface area contributed by atoms with Gasteiger partial charge in [0.15, 0.2) is 0 Å². The Morgan fingerprint density at radius 1 is 1.27 bits per heavy atom. The van der Waals surface area contributed by atoms with Gasteiger partial charge in [-0.15, -0.1) is 0 Å². The summed E-state index contributed by atoms with van der Waals surface area (Å²) in [6, 6.07) is 0. The van der Waals surface area contributed by atoms with Crippen molar-refractivity contribution in [3.8, 4) is 0 Å². The van der Waals surface area contributed by atoms with Gasteiger partial charge in [0.25, 0.3) is 0 Å². The molecule has 1 amide bonds. The van der Waals surface area contributed by atoms with Crippen molar-refractivity contribution in [2.24, 2.45) is 0 Å². The lowest BCUT2D eigenvalue weighted by Crippen LogP contribution is -2.40. The van der Waals surface area contributed by atoms with E-state index in [1.165, 1.54) is 6.92 Å². The molecule has 0 spiro atoms. The topological polar surface area (TPSA) is 41.1 Å². The van der Waals surface area contributed by atoms with E-state index in [0.717, 1.165) is 6.54 Å². The van der Waals surface area contributed by atoms with Gasteiger partial charge in [0.2, 0.25) is 5.91 Å². The second kappa shape index (κ2) is 4.34. The molecule has 0 aromatic rings. The van der Waals surface area contributed by atoms with Crippen LogP contribution in [-0.4, -0.2) is 24.5 Å². The summed E-state index contributed by atoms with van der Waals surface area (Å²) < 4.78 is 0. The van der Waals surface area contributed by atoms with E-state index < -0.39 is 0 Å². The Balaban J connectivity index is 3.22. The Hall–Kier alpha value is -0.570. The zero-order valence-corrected chi connectivity index (χ0v) is 7.82. The van der Waals surface area contributed by atoms with E-state index in [1.807, 2.05) is 0 Å². The molecule has 0 aliphatic heterocycles. The predicted octanol–water partition coefficient (Wildman–Crippen LogP) is 0.511. The van der Waals surface area contributed by atoms with Crippen molar-refractivity contribution in [2.75, 3.05) is 13.1 Å². The van der Waals surface area contributed by atoms with E-state index in [2.05, 4.69) is 31.4 Å². The molecule has 0 unspecified atom stereocenters. The molecule has 3 heteroatoms. The summed E-state index contributed by atoms with van der Waals surface area (Å²) in [4.78, 5) is 10.4. The van der Waals surface area contributed by atoms with Crippen molar-refractivity contribution < 1.29 is 4.79 Å². The number of carbonyl (C=O) groups is 1. The maximum Gasteiger partial charge on any atom is 0.216 e. The van der Waals surface area contributed by atoms with Crippen LogP contribution in [0.2, 0.25) is 0 Å². The minimum absolute atomic E-state index is 0.0284. The first kappa shape index (κ1) is 10.4. The lowest BCUT2D eigenvalue weighted by Gasteiger charge is -2.20. The fourth-order valence-corrected chi connectivity index (χ4v) is 0.676. The van der Waals surface area contributed by atoms with Gasteiger partial charge in [-0.3, -0.25) is 4.79 Å². The Morgan fingerprint density at radius 2 is 1.82 bits per heavy atom. The number of nitrogens with one attached hydrogen (secondary N) is 2. The van der Waals surface area contributed by atoms with Crippen LogP contribution in [-0.2, 0) is 4.79 Å². The van der Waals surface area contributed by atoms with Crippen molar-refractivity contribution in [3.05, 3.63) is 0 Å². The Morgan fingerprint density at radius 3 is 2.18 bits per heavy atom. The first-order valence-corrected chi connectivity index (χ1v) is 3.91. The molecule has 0 aliphatic rings. The van der Waals surface area contributed by atoms with E-state index in [9.17, 15) is 4.79 Å². The predicted molar refractivity (Wildman–Crippen MR) is 46.4 cm³/mol. The Bertz CT molecular complexity index is 127. The average molecular weight is 158 g/mol. The van der Waals surface area contributed by atoms with Gasteiger partial charge in [-0.05, 0) is 20.8 Å². The van der Waals surface area contributed by atoms with Crippen molar-refractivity contribution in [2.45, 2.75) is 33.2 Å². The van der Waals surface area contributed by atoms with Gasteiger partial charge >= 0.3 is 0 Å². The summed E-state index contributed by atoms with van der Waals surface area (Å²) in [5, 5.41) is 5.98. The first-order chi connectivity index (χ1) is 4.92. The maximum atomic E-state index is 10.4. The van der Waals surface area contributed by atoms with Crippen molar-refractivity contribution >= 4 is 5.91 Å². The van der Waals surface area contributed by atoms with Gasteiger partial charge in [-0.25, -0.2) is 0 Å². The monoisotopic (exact) mass is 158 g/mol. The number of carbonyl (C=O) groups excluding carboxylic acids is 1. The molecule has 0 atom stereocenters. The van der Waals surface area contributed by atoms with Crippen molar-refractivity contribution in [1.82, 2.24) is 10.6 Å². The highest BCUT2D eigenvalue weighted by molar-refractivity contribution is 5.72. The van der Waals surface area contributed by atoms with Crippen LogP contribution in [0, 0.1) is 0 Å². The van der Waals surface area contributed by atoms with Gasteiger partial charge in [-0.2, -0.15) is 0 Å². The molecule has 0 aromatic heterocycles. The Labute approximate surface area is 68.6 Å². The normalized spacial score (nSPS) is 11.3. The summed E-state index contributed by atoms with van der Waals surface area (Å²) in [5.74, 6) is 0.0284. The average Bonchev–Trinajstić information content (AvgIpc) is 1.78. The van der Waals surface area contributed by atoms with Crippen LogP contribution >= 0.6 is 0 Å². The molecule has 0 fully saturated rings. The minimum Gasteiger partial charge on any atom is -0.355 e. The van der Waals surface area contributed by atoms with Gasteiger partial charge < -0.3 is 10.6 Å². The van der Waals surface area contributed by atoms with Crippen LogP contribution in [0.25, 0.3) is 0 Å². The molecule has 3 nitrogen and oxygen atoms in total. The zero-order valence-electron chi connectivity index (χ0n) is 7.82. The highest BCUT2D eigenvalue weighted by atomic mass is 16.1. The van der Waals surface area contributed by atoms with Crippen LogP contribution < -0.4 is 10.6 Å². The van der Waals surface area contributed by atoms with Gasteiger partial charge in [0.1, 0.15) is 0 Å². The third kappa shape index (κ3) is 9.43. The SMILES string of the molecule is CC(=O)NCCNC(C)(C)C. The third-order valence-electron chi connectivity index (χ3n) is 1.15. The minimum atomic E-state index is 0.0284. The third-order valence-corrected chi connectivity index (χ3v) is 1.15. The molecule has 0 saturated carbocycles. The molecule has 66 valence electrons. The van der Waals surface area contributed by atoms with Gasteiger partial charge in [-0.1, -0.05) is 0 Å². The molecule has 0 aromatic carbocycles. The van der Waals surface area contributed by atoms with E-state index in [0.29, 0.717) is 6.54 Å². The Kier molecular flexibility index (Phi) is 4.11. The zero-order chi connectivity index (χ0) is 8.91. The van der Waals surface area contributed by atoms with Crippen LogP contribution in [0.1, 0.15) is 27.7 Å². The molecule has 11 heavy (non-hydrogen) atoms. The van der Waals surface area contributed by atoms with Crippen molar-refractivity contribution in [3.63, 3.8) is 0 Å². The molecule has 0 aliphatic carbocycles. The maximum absolute atomic E-state index is 10.4. The van der Waals surface area contributed by atoms with E-state index in [4.69, 9.17) is 0 Å². The summed E-state index contributed by atoms with van der Waals surface area (Å²) in [6.07, 6.45) is 0. The molecule has 0 rings (SSSR count). The fraction of sp³-hybridized carbons (Fsp3) is 0.875. The number of hydrogen-bond acceptors (Lipinski definition) is 2. The molecular formula is C8H18N2O. The number of rotatable bonds is 3. The standard InChI is InChI=1S/C8H18N2O/c1-7(11)9-5-6-10-8(2,3)4/h10H,5-6H2,1-4H3,(H,9,11). The molecule has 0 bridgehead atoms. The van der Waals surface area contributed by atoms with Crippen LogP contribution in [0.4, 0.5) is 0 Å². The van der Waals surface area contributed by atoms with Crippen LogP contribution in [0.5, 0.6) is 0 Å². The highest BCUT2D eigenvalue weighted by Crippen LogP contribution is 1.95. The highest BCUT2D eigenvalue weighted by Gasteiger charge is 2.06. The van der Waals surface area contributed by atoms with Gasteiger partial charge in [0, 0.05) is 25.6 Å².